The minimum absolute atomic E-state index is 0.218. The second-order valence-corrected chi connectivity index (χ2v) is 4.72. The molecule has 13 heavy (non-hydrogen) atoms. The van der Waals surface area contributed by atoms with Crippen molar-refractivity contribution in [1.29, 1.82) is 0 Å². The molecule has 0 spiro atoms. The quantitative estimate of drug-likeness (QED) is 0.395. The molecule has 1 saturated heterocycles. The summed E-state index contributed by atoms with van der Waals surface area (Å²) in [7, 11) is 0. The fourth-order valence-corrected chi connectivity index (χ4v) is 1.98. The van der Waals surface area contributed by atoms with Crippen molar-refractivity contribution in [2.45, 2.75) is 38.7 Å². The first-order valence-electron chi connectivity index (χ1n) is 4.97. The summed E-state index contributed by atoms with van der Waals surface area (Å²) in [5.74, 6) is 1.51. The Labute approximate surface area is 87.0 Å². The van der Waals surface area contributed by atoms with Crippen LogP contribution in [0.3, 0.4) is 0 Å². The van der Waals surface area contributed by atoms with Crippen LogP contribution < -0.4 is 0 Å². The molecule has 76 valence electrons. The maximum absolute atomic E-state index is 5.33. The first kappa shape index (κ1) is 11.1. The summed E-state index contributed by atoms with van der Waals surface area (Å²) in [6, 6.07) is 0. The molecule has 0 saturated carbocycles. The molecule has 2 heteroatoms. The van der Waals surface area contributed by atoms with Gasteiger partial charge in [-0.3, -0.25) is 0 Å². The van der Waals surface area contributed by atoms with Crippen molar-refractivity contribution in [3.63, 3.8) is 0 Å². The predicted octanol–water partition coefficient (Wildman–Crippen LogP) is 3.07. The van der Waals surface area contributed by atoms with E-state index in [1.807, 2.05) is 0 Å². The molecule has 1 aliphatic heterocycles. The molecule has 0 radical (unpaired) electrons. The highest BCUT2D eigenvalue weighted by Crippen LogP contribution is 2.32. The third kappa shape index (κ3) is 3.74. The molecule has 0 aliphatic carbocycles. The van der Waals surface area contributed by atoms with Crippen LogP contribution in [0.2, 0.25) is 0 Å². The lowest BCUT2D eigenvalue weighted by Gasteiger charge is -2.14. The fraction of sp³-hybridized carbons (Fsp3) is 0.818. The van der Waals surface area contributed by atoms with Gasteiger partial charge in [-0.05, 0) is 44.8 Å². The molecule has 0 aromatic rings. The van der Waals surface area contributed by atoms with Gasteiger partial charge in [-0.1, -0.05) is 12.2 Å². The number of epoxide rings is 1. The topological polar surface area (TPSA) is 12.5 Å². The van der Waals surface area contributed by atoms with Crippen molar-refractivity contribution >= 4 is 12.6 Å². The molecule has 2 unspecified atom stereocenters. The van der Waals surface area contributed by atoms with Crippen molar-refractivity contribution in [1.82, 2.24) is 0 Å². The van der Waals surface area contributed by atoms with Crippen LogP contribution >= 0.6 is 12.6 Å². The third-order valence-corrected chi connectivity index (χ3v) is 3.25. The molecule has 1 aliphatic rings. The number of hydrogen-bond donors (Lipinski definition) is 1. The molecular weight excluding hydrogens is 180 g/mol. The van der Waals surface area contributed by atoms with Gasteiger partial charge >= 0.3 is 0 Å². The number of allylic oxidation sites excluding steroid dienone is 1. The van der Waals surface area contributed by atoms with Gasteiger partial charge in [-0.25, -0.2) is 0 Å². The standard InChI is InChI=1S/C11H20OS/c1-9(2)10(7-13)5-4-6-11(3)8-12-11/h10,13H,1,4-8H2,2-3H3. The molecule has 0 N–H and O–H groups in total. The Bertz CT molecular complexity index is 185. The summed E-state index contributed by atoms with van der Waals surface area (Å²) in [6.07, 6.45) is 3.62. The normalized spacial score (nSPS) is 28.5. The molecule has 0 amide bonds. The molecule has 0 bridgehead atoms. The highest BCUT2D eigenvalue weighted by atomic mass is 32.1. The molecule has 1 nitrogen and oxygen atoms in total. The average Bonchev–Trinajstić information content (AvgIpc) is 2.77. The van der Waals surface area contributed by atoms with Crippen LogP contribution in [0, 0.1) is 5.92 Å². The van der Waals surface area contributed by atoms with Crippen molar-refractivity contribution in [3.05, 3.63) is 12.2 Å². The van der Waals surface area contributed by atoms with Crippen LogP contribution in [0.1, 0.15) is 33.1 Å². The summed E-state index contributed by atoms with van der Waals surface area (Å²) >= 11 is 4.32. The summed E-state index contributed by atoms with van der Waals surface area (Å²) in [5.41, 5.74) is 1.48. The van der Waals surface area contributed by atoms with E-state index in [1.165, 1.54) is 24.8 Å². The Morgan fingerprint density at radius 1 is 1.69 bits per heavy atom. The SMILES string of the molecule is C=C(C)C(CS)CCCC1(C)CO1. The molecule has 2 atom stereocenters. The van der Waals surface area contributed by atoms with Crippen molar-refractivity contribution in [2.24, 2.45) is 5.92 Å². The summed E-state index contributed by atoms with van der Waals surface area (Å²) in [6.45, 7) is 9.20. The maximum Gasteiger partial charge on any atom is 0.0888 e. The predicted molar refractivity (Wildman–Crippen MR) is 60.4 cm³/mol. The second kappa shape index (κ2) is 4.52. The first-order valence-corrected chi connectivity index (χ1v) is 5.61. The van der Waals surface area contributed by atoms with Gasteiger partial charge in [0.15, 0.2) is 0 Å². The van der Waals surface area contributed by atoms with E-state index >= 15 is 0 Å². The van der Waals surface area contributed by atoms with Gasteiger partial charge in [0.2, 0.25) is 0 Å². The minimum Gasteiger partial charge on any atom is -0.370 e. The third-order valence-electron chi connectivity index (χ3n) is 2.81. The van der Waals surface area contributed by atoms with E-state index in [-0.39, 0.29) is 5.60 Å². The van der Waals surface area contributed by atoms with E-state index in [0.717, 1.165) is 12.4 Å². The van der Waals surface area contributed by atoms with Crippen LogP contribution in [0.5, 0.6) is 0 Å². The van der Waals surface area contributed by atoms with Crippen LogP contribution in [0.4, 0.5) is 0 Å². The van der Waals surface area contributed by atoms with Crippen LogP contribution in [0.15, 0.2) is 12.2 Å². The fourth-order valence-electron chi connectivity index (χ4n) is 1.48. The van der Waals surface area contributed by atoms with E-state index < -0.39 is 0 Å². The number of rotatable bonds is 6. The van der Waals surface area contributed by atoms with Gasteiger partial charge < -0.3 is 4.74 Å². The Morgan fingerprint density at radius 3 is 2.69 bits per heavy atom. The molecule has 1 heterocycles. The zero-order chi connectivity index (χ0) is 9.90. The van der Waals surface area contributed by atoms with Gasteiger partial charge in [0.25, 0.3) is 0 Å². The monoisotopic (exact) mass is 200 g/mol. The van der Waals surface area contributed by atoms with Gasteiger partial charge in [-0.2, -0.15) is 12.6 Å². The zero-order valence-electron chi connectivity index (χ0n) is 8.68. The lowest BCUT2D eigenvalue weighted by Crippen LogP contribution is -2.08. The molecule has 1 rings (SSSR count). The van der Waals surface area contributed by atoms with E-state index in [9.17, 15) is 0 Å². The Morgan fingerprint density at radius 2 is 2.31 bits per heavy atom. The number of ether oxygens (including phenoxy) is 1. The first-order chi connectivity index (χ1) is 6.07. The minimum atomic E-state index is 0.218. The summed E-state index contributed by atoms with van der Waals surface area (Å²) in [4.78, 5) is 0. The smallest absolute Gasteiger partial charge is 0.0888 e. The van der Waals surface area contributed by atoms with Gasteiger partial charge in [0.05, 0.1) is 12.2 Å². The van der Waals surface area contributed by atoms with E-state index in [0.29, 0.717) is 5.92 Å². The lowest BCUT2D eigenvalue weighted by atomic mass is 9.95. The van der Waals surface area contributed by atoms with Gasteiger partial charge in [0, 0.05) is 0 Å². The summed E-state index contributed by atoms with van der Waals surface area (Å²) in [5, 5.41) is 0. The Hall–Kier alpha value is 0.0500. The van der Waals surface area contributed by atoms with Crippen molar-refractivity contribution in [3.8, 4) is 0 Å². The molecule has 0 aromatic heterocycles. The van der Waals surface area contributed by atoms with Crippen LogP contribution in [-0.2, 0) is 4.74 Å². The molecular formula is C11H20OS. The van der Waals surface area contributed by atoms with Crippen molar-refractivity contribution in [2.75, 3.05) is 12.4 Å². The zero-order valence-corrected chi connectivity index (χ0v) is 9.57. The summed E-state index contributed by atoms with van der Waals surface area (Å²) < 4.78 is 5.33. The van der Waals surface area contributed by atoms with Crippen LogP contribution in [-0.4, -0.2) is 18.0 Å². The van der Waals surface area contributed by atoms with Crippen LogP contribution in [0.25, 0.3) is 0 Å². The molecule has 1 fully saturated rings. The number of hydrogen-bond acceptors (Lipinski definition) is 2. The largest absolute Gasteiger partial charge is 0.370 e. The average molecular weight is 200 g/mol. The maximum atomic E-state index is 5.33. The highest BCUT2D eigenvalue weighted by molar-refractivity contribution is 7.80. The lowest BCUT2D eigenvalue weighted by molar-refractivity contribution is 0.299. The van der Waals surface area contributed by atoms with Gasteiger partial charge in [-0.15, -0.1) is 0 Å². The van der Waals surface area contributed by atoms with E-state index in [1.54, 1.807) is 0 Å². The van der Waals surface area contributed by atoms with E-state index in [4.69, 9.17) is 4.74 Å². The van der Waals surface area contributed by atoms with Gasteiger partial charge in [0.1, 0.15) is 0 Å². The Balaban J connectivity index is 2.12. The highest BCUT2D eigenvalue weighted by Gasteiger charge is 2.38. The Kier molecular flexibility index (Phi) is 3.87. The molecule has 0 aromatic carbocycles. The number of thiol groups is 1. The van der Waals surface area contributed by atoms with E-state index in [2.05, 4.69) is 33.1 Å². The second-order valence-electron chi connectivity index (χ2n) is 4.36. The van der Waals surface area contributed by atoms with Crippen molar-refractivity contribution < 1.29 is 4.74 Å².